The van der Waals surface area contributed by atoms with Gasteiger partial charge in [0.25, 0.3) is 0 Å². The molecule has 0 unspecified atom stereocenters. The maximum Gasteiger partial charge on any atom is 1.00 e. The molecule has 42 heavy (non-hydrogen) atoms. The molecule has 3 rings (SSSR count). The van der Waals surface area contributed by atoms with E-state index in [2.05, 4.69) is 9.58 Å². The van der Waals surface area contributed by atoms with E-state index in [1.165, 1.54) is 50.6 Å². The molecule has 0 fully saturated rings. The van der Waals surface area contributed by atoms with Gasteiger partial charge in [0.15, 0.2) is 33.0 Å². The minimum atomic E-state index is -3.39. The topological polar surface area (TPSA) is 121 Å². The largest absolute Gasteiger partial charge is 1.00 e. The van der Waals surface area contributed by atoms with Crippen molar-refractivity contribution in [3.8, 4) is 17.6 Å². The van der Waals surface area contributed by atoms with Gasteiger partial charge in [0.2, 0.25) is 6.54 Å². The molecular weight excluding hydrogens is 593 g/mol. The minimum Gasteiger partial charge on any atom is -0.850 e. The Morgan fingerprint density at radius 1 is 0.976 bits per heavy atom. The van der Waals surface area contributed by atoms with Gasteiger partial charge < -0.3 is 19.4 Å². The zero-order valence-electron chi connectivity index (χ0n) is 24.8. The van der Waals surface area contributed by atoms with Crippen LogP contribution in [0, 0.1) is 36.5 Å². The van der Waals surface area contributed by atoms with Gasteiger partial charge in [-0.05, 0) is 55.5 Å². The third-order valence-electron chi connectivity index (χ3n) is 4.42. The zero-order chi connectivity index (χ0) is 31.6. The van der Waals surface area contributed by atoms with E-state index in [-0.39, 0.29) is 74.3 Å². The summed E-state index contributed by atoms with van der Waals surface area (Å²) in [7, 11) is -0.605. The van der Waals surface area contributed by atoms with Gasteiger partial charge in [-0.15, -0.1) is 5.60 Å². The molecule has 0 amide bonds. The summed E-state index contributed by atoms with van der Waals surface area (Å²) in [6, 6.07) is 16.7. The summed E-state index contributed by atoms with van der Waals surface area (Å²) in [5.74, 6) is -1.04. The van der Waals surface area contributed by atoms with Crippen LogP contribution < -0.4 is 66.0 Å². The van der Waals surface area contributed by atoms with Crippen molar-refractivity contribution in [3.63, 3.8) is 0 Å². The number of halogens is 2. The van der Waals surface area contributed by atoms with Crippen molar-refractivity contribution >= 4 is 16.1 Å². The Morgan fingerprint density at radius 2 is 1.45 bits per heavy atom. The maximum atomic E-state index is 12.9. The number of nitriles is 1. The van der Waals surface area contributed by atoms with Crippen LogP contribution in [0.1, 0.15) is 42.3 Å². The second-order valence-corrected chi connectivity index (χ2v) is 11.1. The van der Waals surface area contributed by atoms with E-state index < -0.39 is 32.8 Å². The molecule has 0 aliphatic carbocycles. The fourth-order valence-corrected chi connectivity index (χ4v) is 3.46. The molecule has 0 atom stereocenters. The Hall–Kier alpha value is -2.68. The van der Waals surface area contributed by atoms with Gasteiger partial charge in [0.05, 0.1) is 25.2 Å². The van der Waals surface area contributed by atoms with Crippen molar-refractivity contribution in [2.45, 2.75) is 44.7 Å². The van der Waals surface area contributed by atoms with Crippen LogP contribution in [0.5, 0.6) is 11.5 Å². The molecule has 220 valence electrons. The normalized spacial score (nSPS) is 9.79. The summed E-state index contributed by atoms with van der Waals surface area (Å²) in [4.78, 5) is 13.5. The van der Waals surface area contributed by atoms with Gasteiger partial charge in [-0.3, -0.25) is 4.79 Å². The Morgan fingerprint density at radius 3 is 1.83 bits per heavy atom. The number of carbonyl (C=O) groups is 1. The number of hydrogen-bond donors (Lipinski definition) is 0. The van der Waals surface area contributed by atoms with Crippen LogP contribution in [-0.2, 0) is 16.4 Å². The number of hydrogen-bond acceptors (Lipinski definition) is 7. The van der Waals surface area contributed by atoms with Crippen LogP contribution >= 0.6 is 0 Å². The Labute approximate surface area is 289 Å². The molecular formula is C30H33F2KN2O6S. The zero-order valence-corrected chi connectivity index (χ0v) is 28.7. The van der Waals surface area contributed by atoms with Crippen molar-refractivity contribution < 1.29 is 88.0 Å². The number of rotatable bonds is 6. The maximum absolute atomic E-state index is 12.9. The van der Waals surface area contributed by atoms with Crippen molar-refractivity contribution in [2.75, 3.05) is 20.0 Å². The molecule has 0 aliphatic heterocycles. The van der Waals surface area contributed by atoms with Crippen LogP contribution in [0.2, 0.25) is 0 Å². The first kappa shape index (κ1) is 41.5. The second kappa shape index (κ2) is 21.1. The minimum absolute atomic E-state index is 0. The number of aldehydes is 1. The molecule has 0 aliphatic rings. The summed E-state index contributed by atoms with van der Waals surface area (Å²) in [5.41, 5.74) is 1.22. The van der Waals surface area contributed by atoms with E-state index in [0.717, 1.165) is 11.6 Å². The molecule has 0 N–H and O–H groups in total. The molecule has 0 heterocycles. The van der Waals surface area contributed by atoms with Crippen LogP contribution in [0.4, 0.5) is 8.78 Å². The molecule has 0 bridgehead atoms. The molecule has 0 spiro atoms. The van der Waals surface area contributed by atoms with E-state index >= 15 is 0 Å². The number of benzene rings is 3. The molecule has 0 saturated carbocycles. The van der Waals surface area contributed by atoms with Crippen LogP contribution in [0.3, 0.4) is 0 Å². The SMILES string of the molecule is CC(C)(C)[O-].COc1ccc(C=O)cc1F.Cc1ccc(S(=O)(=O)CC#N)cc1.[C-]#[N+]Cc1ccc(OC)c(F)c1.[K+]. The molecule has 8 nitrogen and oxygen atoms in total. The van der Waals surface area contributed by atoms with Gasteiger partial charge in [-0.1, -0.05) is 38.5 Å². The van der Waals surface area contributed by atoms with Crippen molar-refractivity contribution in [2.24, 2.45) is 0 Å². The Bertz CT molecular complexity index is 1440. The monoisotopic (exact) mass is 626 g/mol. The average molecular weight is 627 g/mol. The van der Waals surface area contributed by atoms with Gasteiger partial charge in [0, 0.05) is 11.1 Å². The Kier molecular flexibility index (Phi) is 20.8. The molecule has 12 heteroatoms. The molecule has 3 aromatic rings. The summed E-state index contributed by atoms with van der Waals surface area (Å²) >= 11 is 0. The predicted octanol–water partition coefficient (Wildman–Crippen LogP) is 2.34. The van der Waals surface area contributed by atoms with Crippen molar-refractivity contribution in [3.05, 3.63) is 100 Å². The number of carbonyl (C=O) groups excluding carboxylic acids is 1. The predicted molar refractivity (Wildman–Crippen MR) is 150 cm³/mol. The van der Waals surface area contributed by atoms with Gasteiger partial charge in [-0.2, -0.15) is 5.26 Å². The fraction of sp³-hybridized carbons (Fsp3) is 0.300. The first-order chi connectivity index (χ1) is 19.1. The number of nitrogens with zero attached hydrogens (tertiary/aromatic N) is 2. The first-order valence-electron chi connectivity index (χ1n) is 11.9. The summed E-state index contributed by atoms with van der Waals surface area (Å²) in [5, 5.41) is 18.4. The van der Waals surface area contributed by atoms with Crippen molar-refractivity contribution in [1.82, 2.24) is 0 Å². The smallest absolute Gasteiger partial charge is 0.850 e. The quantitative estimate of drug-likeness (QED) is 0.234. The first-order valence-corrected chi connectivity index (χ1v) is 13.6. The molecule has 0 aromatic heterocycles. The van der Waals surface area contributed by atoms with E-state index in [9.17, 15) is 27.1 Å². The second-order valence-electron chi connectivity index (χ2n) is 9.14. The fourth-order valence-electron chi connectivity index (χ4n) is 2.57. The molecule has 3 aromatic carbocycles. The van der Waals surface area contributed by atoms with E-state index in [1.54, 1.807) is 45.0 Å². The van der Waals surface area contributed by atoms with Crippen LogP contribution in [0.15, 0.2) is 65.6 Å². The standard InChI is InChI=1S/C9H8FNO.C9H9NO2S.C8H7FO2.C4H9O.K/c1-11-6-7-3-4-9(12-2)8(10)5-7;1-8-2-4-9(5-3-8)13(11,12)7-6-10;1-11-8-3-2-6(5-10)4-7(8)9;1-4(2,3)5;/h3-5H,6H2,2H3;2-5H,7H2,1H3;2-5H,1H3;1-3H3;/q;;;-1;+1. The molecule has 0 saturated heterocycles. The number of ether oxygens (including phenoxy) is 2. The number of aryl methyl sites for hydroxylation is 1. The van der Waals surface area contributed by atoms with E-state index in [0.29, 0.717) is 17.4 Å². The Balaban J connectivity index is 0. The van der Waals surface area contributed by atoms with Gasteiger partial charge in [-0.25, -0.2) is 23.8 Å². The van der Waals surface area contributed by atoms with E-state index in [1.807, 2.05) is 6.92 Å². The molecule has 0 radical (unpaired) electrons. The number of sulfone groups is 1. The number of methoxy groups -OCH3 is 2. The summed E-state index contributed by atoms with van der Waals surface area (Å²) < 4.78 is 57.7. The van der Waals surface area contributed by atoms with E-state index in [4.69, 9.17) is 16.6 Å². The third kappa shape index (κ3) is 18.0. The summed E-state index contributed by atoms with van der Waals surface area (Å²) in [6.07, 6.45) is 0.586. The van der Waals surface area contributed by atoms with Crippen LogP contribution in [-0.4, -0.2) is 40.3 Å². The average Bonchev–Trinajstić information content (AvgIpc) is 2.89. The summed E-state index contributed by atoms with van der Waals surface area (Å²) in [6.45, 7) is 13.6. The third-order valence-corrected chi connectivity index (χ3v) is 5.92. The van der Waals surface area contributed by atoms with Crippen LogP contribution in [0.25, 0.3) is 4.85 Å². The van der Waals surface area contributed by atoms with Gasteiger partial charge >= 0.3 is 51.4 Å². The van der Waals surface area contributed by atoms with Gasteiger partial charge in [0.1, 0.15) is 12.0 Å². The van der Waals surface area contributed by atoms with Crippen molar-refractivity contribution in [1.29, 1.82) is 5.26 Å².